The summed E-state index contributed by atoms with van der Waals surface area (Å²) in [7, 11) is 1.43. The second-order valence-electron chi connectivity index (χ2n) is 10.3. The molecule has 1 aliphatic carbocycles. The molecule has 0 spiro atoms. The Bertz CT molecular complexity index is 1480. The van der Waals surface area contributed by atoms with Crippen LogP contribution in [-0.2, 0) is 15.8 Å². The van der Waals surface area contributed by atoms with Crippen molar-refractivity contribution in [1.29, 1.82) is 5.26 Å². The van der Waals surface area contributed by atoms with E-state index in [1.165, 1.54) is 29.8 Å². The molecule has 3 atom stereocenters. The number of likely N-dealkylation sites (N-methyl/N-ethyl adjacent to an activating group) is 2. The summed E-state index contributed by atoms with van der Waals surface area (Å²) in [5, 5.41) is 12.0. The standard InChI is InChI=1S/C30H31F3N6O3.H2/c1-4-39-26(36-21-11-6-5-7-12-21)23(24(35)28(41)38(3)17(2)16-34)22(18-13-14-18)25(29(39)42)37-27(40)19-9-8-10-20(15-19)30(31,32)33;/h5-12,15,17-18,22,25H,4,13-14,35H2,1-3H3,(H,37,40);1H/b24-23-,36-26?;/t17?,22-,25-;/m0./s1. The Morgan fingerprint density at radius 1 is 1.21 bits per heavy atom. The Morgan fingerprint density at radius 2 is 1.88 bits per heavy atom. The van der Waals surface area contributed by atoms with Gasteiger partial charge in [0.05, 0.1) is 17.3 Å². The molecule has 0 aromatic heterocycles. The number of nitriles is 1. The molecule has 1 saturated heterocycles. The van der Waals surface area contributed by atoms with Crippen LogP contribution in [0, 0.1) is 23.2 Å². The number of alkyl halides is 3. The lowest BCUT2D eigenvalue weighted by Crippen LogP contribution is -2.61. The monoisotopic (exact) mass is 582 g/mol. The number of nitrogens with zero attached hydrogens (tertiary/aromatic N) is 4. The number of benzene rings is 2. The highest BCUT2D eigenvalue weighted by molar-refractivity contribution is 6.17. The highest BCUT2D eigenvalue weighted by Crippen LogP contribution is 2.46. The van der Waals surface area contributed by atoms with Gasteiger partial charge in [-0.05, 0) is 62.9 Å². The fourth-order valence-corrected chi connectivity index (χ4v) is 4.98. The van der Waals surface area contributed by atoms with Crippen LogP contribution in [0.25, 0.3) is 0 Å². The number of likely N-dealkylation sites (tertiary alicyclic amines) is 1. The Hall–Kier alpha value is -4.66. The average Bonchev–Trinajstić information content (AvgIpc) is 3.82. The maximum absolute atomic E-state index is 14.0. The quantitative estimate of drug-likeness (QED) is 0.471. The van der Waals surface area contributed by atoms with E-state index in [-0.39, 0.29) is 36.6 Å². The number of carbonyl (C=O) groups is 3. The SMILES string of the molecule is CCN1C(=O)[C@@H](NC(=O)c2cccc(C(F)(F)F)c2)[C@@H](C2CC2)/C(=C(/N)C(=O)N(C)C(C)C#N)C1=Nc1ccccc1.[HH]. The molecular formula is C30H33F3N6O3. The van der Waals surface area contributed by atoms with Crippen molar-refractivity contribution in [3.05, 3.63) is 77.0 Å². The van der Waals surface area contributed by atoms with Crippen LogP contribution in [0.2, 0.25) is 0 Å². The van der Waals surface area contributed by atoms with Gasteiger partial charge in [0.1, 0.15) is 23.6 Å². The average molecular weight is 583 g/mol. The van der Waals surface area contributed by atoms with Gasteiger partial charge in [-0.3, -0.25) is 19.3 Å². The van der Waals surface area contributed by atoms with Crippen molar-refractivity contribution >= 4 is 29.2 Å². The summed E-state index contributed by atoms with van der Waals surface area (Å²) in [4.78, 5) is 48.0. The first-order valence-corrected chi connectivity index (χ1v) is 13.5. The number of hydrogen-bond acceptors (Lipinski definition) is 6. The Morgan fingerprint density at radius 3 is 2.45 bits per heavy atom. The summed E-state index contributed by atoms with van der Waals surface area (Å²) in [6.07, 6.45) is -3.31. The van der Waals surface area contributed by atoms with E-state index in [1.54, 1.807) is 37.3 Å². The molecule has 2 aromatic carbocycles. The largest absolute Gasteiger partial charge is 0.416 e. The predicted octanol–water partition coefficient (Wildman–Crippen LogP) is 4.25. The van der Waals surface area contributed by atoms with E-state index in [1.807, 2.05) is 6.07 Å². The normalized spacial score (nSPS) is 21.9. The Labute approximate surface area is 243 Å². The number of nitrogens with one attached hydrogen (secondary N) is 1. The lowest BCUT2D eigenvalue weighted by Gasteiger charge is -2.41. The van der Waals surface area contributed by atoms with E-state index in [2.05, 4.69) is 5.32 Å². The molecule has 2 aromatic rings. The number of halogens is 3. The topological polar surface area (TPSA) is 132 Å². The molecule has 4 rings (SSSR count). The number of hydrogen-bond donors (Lipinski definition) is 2. The van der Waals surface area contributed by atoms with E-state index >= 15 is 0 Å². The Balaban J connectivity index is 0.00000506. The van der Waals surface area contributed by atoms with Crippen LogP contribution >= 0.6 is 0 Å². The zero-order chi connectivity index (χ0) is 30.8. The molecule has 2 fully saturated rings. The van der Waals surface area contributed by atoms with Crippen LogP contribution in [-0.4, -0.2) is 59.0 Å². The molecule has 1 aliphatic heterocycles. The summed E-state index contributed by atoms with van der Waals surface area (Å²) >= 11 is 0. The van der Waals surface area contributed by atoms with Crippen LogP contribution in [0.15, 0.2) is 70.9 Å². The van der Waals surface area contributed by atoms with Gasteiger partial charge in [-0.1, -0.05) is 24.3 Å². The van der Waals surface area contributed by atoms with E-state index in [4.69, 9.17) is 10.7 Å². The molecule has 42 heavy (non-hydrogen) atoms. The summed E-state index contributed by atoms with van der Waals surface area (Å²) in [5.41, 5.74) is 5.80. The number of rotatable bonds is 7. The molecule has 0 bridgehead atoms. The molecule has 0 radical (unpaired) electrons. The molecule has 2 aliphatic rings. The van der Waals surface area contributed by atoms with Crippen LogP contribution in [0.4, 0.5) is 18.9 Å². The molecule has 12 heteroatoms. The van der Waals surface area contributed by atoms with Crippen LogP contribution in [0.3, 0.4) is 0 Å². The lowest BCUT2D eigenvalue weighted by atomic mass is 9.79. The number of nitrogens with two attached hydrogens (primary N) is 1. The number of amidine groups is 1. The number of amides is 3. The van der Waals surface area contributed by atoms with Crippen molar-refractivity contribution in [2.24, 2.45) is 22.6 Å². The fourth-order valence-electron chi connectivity index (χ4n) is 4.98. The second-order valence-corrected chi connectivity index (χ2v) is 10.3. The van der Waals surface area contributed by atoms with Gasteiger partial charge in [-0.25, -0.2) is 4.99 Å². The van der Waals surface area contributed by atoms with Crippen molar-refractivity contribution in [3.8, 4) is 6.07 Å². The molecule has 3 amide bonds. The van der Waals surface area contributed by atoms with Gasteiger partial charge < -0.3 is 16.0 Å². The maximum atomic E-state index is 14.0. The summed E-state index contributed by atoms with van der Waals surface area (Å²) < 4.78 is 40.0. The zero-order valence-corrected chi connectivity index (χ0v) is 23.4. The molecular weight excluding hydrogens is 549 g/mol. The number of aliphatic imine (C=N–C) groups is 1. The lowest BCUT2D eigenvalue weighted by molar-refractivity contribution is -0.137. The molecule has 3 N–H and O–H groups in total. The number of piperidine rings is 1. The van der Waals surface area contributed by atoms with E-state index in [0.717, 1.165) is 18.2 Å². The second kappa shape index (κ2) is 12.1. The molecule has 222 valence electrons. The first-order valence-electron chi connectivity index (χ1n) is 13.5. The van der Waals surface area contributed by atoms with Gasteiger partial charge in [0.2, 0.25) is 0 Å². The summed E-state index contributed by atoms with van der Waals surface area (Å²) in [5.74, 6) is -2.83. The third-order valence-electron chi connectivity index (χ3n) is 7.51. The highest BCUT2D eigenvalue weighted by atomic mass is 19.4. The van der Waals surface area contributed by atoms with Gasteiger partial charge in [-0.15, -0.1) is 0 Å². The molecule has 1 unspecified atom stereocenters. The van der Waals surface area contributed by atoms with Gasteiger partial charge in [-0.2, -0.15) is 18.4 Å². The minimum Gasteiger partial charge on any atom is -0.394 e. The highest BCUT2D eigenvalue weighted by Gasteiger charge is 2.51. The van der Waals surface area contributed by atoms with E-state index in [0.29, 0.717) is 18.5 Å². The first kappa shape index (κ1) is 30.3. The van der Waals surface area contributed by atoms with Crippen molar-refractivity contribution in [2.75, 3.05) is 13.6 Å². The maximum Gasteiger partial charge on any atom is 0.416 e. The van der Waals surface area contributed by atoms with Crippen molar-refractivity contribution < 1.29 is 29.0 Å². The molecule has 1 saturated carbocycles. The Kier molecular flexibility index (Phi) is 8.70. The van der Waals surface area contributed by atoms with Crippen molar-refractivity contribution in [1.82, 2.24) is 15.1 Å². The predicted molar refractivity (Wildman–Crippen MR) is 151 cm³/mol. The minimum atomic E-state index is -4.66. The summed E-state index contributed by atoms with van der Waals surface area (Å²) in [6.45, 7) is 3.34. The van der Waals surface area contributed by atoms with E-state index < -0.39 is 47.5 Å². The third-order valence-corrected chi connectivity index (χ3v) is 7.51. The van der Waals surface area contributed by atoms with Crippen molar-refractivity contribution in [2.45, 2.75) is 44.9 Å². The molecule has 9 nitrogen and oxygen atoms in total. The van der Waals surface area contributed by atoms with Crippen LogP contribution in [0.5, 0.6) is 0 Å². The van der Waals surface area contributed by atoms with Crippen LogP contribution < -0.4 is 11.1 Å². The fraction of sp³-hybridized carbons (Fsp3) is 0.367. The number of carbonyl (C=O) groups excluding carboxylic acids is 3. The van der Waals surface area contributed by atoms with E-state index in [9.17, 15) is 32.8 Å². The van der Waals surface area contributed by atoms with Crippen molar-refractivity contribution in [3.63, 3.8) is 0 Å². The summed E-state index contributed by atoms with van der Waals surface area (Å²) in [6, 6.07) is 12.6. The van der Waals surface area contributed by atoms with Gasteiger partial charge >= 0.3 is 6.18 Å². The molecule has 1 heterocycles. The van der Waals surface area contributed by atoms with Gasteiger partial charge in [0.15, 0.2) is 0 Å². The first-order chi connectivity index (χ1) is 19.9. The number of para-hydroxylation sites is 1. The minimum absolute atomic E-state index is 0. The van der Waals surface area contributed by atoms with Gasteiger partial charge in [0, 0.05) is 32.1 Å². The van der Waals surface area contributed by atoms with Gasteiger partial charge in [0.25, 0.3) is 17.7 Å². The smallest absolute Gasteiger partial charge is 0.394 e. The third kappa shape index (κ3) is 6.15. The zero-order valence-electron chi connectivity index (χ0n) is 23.4. The van der Waals surface area contributed by atoms with Crippen LogP contribution in [0.1, 0.15) is 44.0 Å².